The summed E-state index contributed by atoms with van der Waals surface area (Å²) in [5.74, 6) is 0.666. The van der Waals surface area contributed by atoms with E-state index in [1.165, 1.54) is 34.9 Å². The molecule has 0 aliphatic heterocycles. The van der Waals surface area contributed by atoms with E-state index in [4.69, 9.17) is 4.98 Å². The van der Waals surface area contributed by atoms with Gasteiger partial charge in [-0.05, 0) is 48.6 Å². The third-order valence-electron chi connectivity index (χ3n) is 4.33. The van der Waals surface area contributed by atoms with Gasteiger partial charge in [0.2, 0.25) is 0 Å². The van der Waals surface area contributed by atoms with Gasteiger partial charge in [-0.2, -0.15) is 5.10 Å². The Morgan fingerprint density at radius 3 is 2.82 bits per heavy atom. The van der Waals surface area contributed by atoms with E-state index < -0.39 is 0 Å². The Bertz CT molecular complexity index is 784. The standard InChI is InChI=1S/C18H20N4/c1-2-19-9-12-3-7-16(20-10-12)14-6-8-17-15(11-21-22-17)18(14)13-4-5-13/h3,6-8,10-11,13,19H,2,4-5,9H2,1H3,(H,21,22). The third kappa shape index (κ3) is 2.40. The molecule has 1 fully saturated rings. The molecule has 1 saturated carbocycles. The molecular formula is C18H20N4. The second-order valence-electron chi connectivity index (χ2n) is 5.96. The molecule has 0 unspecified atom stereocenters. The highest BCUT2D eigenvalue weighted by Crippen LogP contribution is 2.47. The number of nitrogens with one attached hydrogen (secondary N) is 2. The lowest BCUT2D eigenvalue weighted by atomic mass is 9.96. The highest BCUT2D eigenvalue weighted by Gasteiger charge is 2.29. The maximum Gasteiger partial charge on any atom is 0.0705 e. The van der Waals surface area contributed by atoms with Crippen molar-refractivity contribution in [1.29, 1.82) is 0 Å². The molecule has 2 N–H and O–H groups in total. The number of benzene rings is 1. The third-order valence-corrected chi connectivity index (χ3v) is 4.33. The Labute approximate surface area is 130 Å². The van der Waals surface area contributed by atoms with Gasteiger partial charge >= 0.3 is 0 Å². The van der Waals surface area contributed by atoms with E-state index in [-0.39, 0.29) is 0 Å². The second-order valence-corrected chi connectivity index (χ2v) is 5.96. The van der Waals surface area contributed by atoms with Crippen LogP contribution in [0.5, 0.6) is 0 Å². The van der Waals surface area contributed by atoms with Gasteiger partial charge in [0.1, 0.15) is 0 Å². The molecule has 4 nitrogen and oxygen atoms in total. The summed E-state index contributed by atoms with van der Waals surface area (Å²) >= 11 is 0. The van der Waals surface area contributed by atoms with Crippen LogP contribution in [0.4, 0.5) is 0 Å². The molecule has 2 heterocycles. The van der Waals surface area contributed by atoms with E-state index in [0.717, 1.165) is 24.3 Å². The Balaban J connectivity index is 1.75. The maximum absolute atomic E-state index is 4.69. The van der Waals surface area contributed by atoms with Crippen molar-refractivity contribution >= 4 is 10.9 Å². The molecule has 0 radical (unpaired) electrons. The van der Waals surface area contributed by atoms with Crippen LogP contribution in [0.15, 0.2) is 36.7 Å². The molecule has 0 bridgehead atoms. The normalized spacial score (nSPS) is 14.6. The first kappa shape index (κ1) is 13.5. The first-order chi connectivity index (χ1) is 10.9. The van der Waals surface area contributed by atoms with Crippen LogP contribution in [-0.4, -0.2) is 21.7 Å². The topological polar surface area (TPSA) is 53.6 Å². The average Bonchev–Trinajstić information content (AvgIpc) is 3.29. The molecule has 22 heavy (non-hydrogen) atoms. The van der Waals surface area contributed by atoms with Crippen LogP contribution in [-0.2, 0) is 6.54 Å². The average molecular weight is 292 g/mol. The number of rotatable bonds is 5. The first-order valence-electron chi connectivity index (χ1n) is 7.99. The summed E-state index contributed by atoms with van der Waals surface area (Å²) in [5.41, 5.74) is 6.08. The molecule has 0 spiro atoms. The van der Waals surface area contributed by atoms with E-state index >= 15 is 0 Å². The van der Waals surface area contributed by atoms with Gasteiger partial charge in [0.25, 0.3) is 0 Å². The number of nitrogens with zero attached hydrogens (tertiary/aromatic N) is 2. The number of hydrogen-bond donors (Lipinski definition) is 2. The zero-order valence-electron chi connectivity index (χ0n) is 12.8. The molecule has 3 aromatic rings. The van der Waals surface area contributed by atoms with Crippen molar-refractivity contribution in [3.8, 4) is 11.3 Å². The summed E-state index contributed by atoms with van der Waals surface area (Å²) in [6, 6.07) is 8.60. The van der Waals surface area contributed by atoms with Crippen LogP contribution < -0.4 is 5.32 Å². The van der Waals surface area contributed by atoms with Crippen LogP contribution >= 0.6 is 0 Å². The Kier molecular flexibility index (Phi) is 3.39. The lowest BCUT2D eigenvalue weighted by Crippen LogP contribution is -2.11. The van der Waals surface area contributed by atoms with Gasteiger partial charge in [-0.3, -0.25) is 10.1 Å². The molecule has 112 valence electrons. The molecular weight excluding hydrogens is 272 g/mol. The molecule has 0 amide bonds. The van der Waals surface area contributed by atoms with E-state index in [1.807, 2.05) is 12.4 Å². The number of fused-ring (bicyclic) bond motifs is 1. The van der Waals surface area contributed by atoms with E-state index in [9.17, 15) is 0 Å². The Hall–Kier alpha value is -2.20. The van der Waals surface area contributed by atoms with Crippen LogP contribution in [0.25, 0.3) is 22.2 Å². The van der Waals surface area contributed by atoms with Gasteiger partial charge in [-0.15, -0.1) is 0 Å². The van der Waals surface area contributed by atoms with Crippen LogP contribution in [0.1, 0.15) is 36.8 Å². The maximum atomic E-state index is 4.69. The fraction of sp³-hybridized carbons (Fsp3) is 0.333. The van der Waals surface area contributed by atoms with Gasteiger partial charge in [0.05, 0.1) is 17.4 Å². The molecule has 1 aliphatic carbocycles. The zero-order chi connectivity index (χ0) is 14.9. The van der Waals surface area contributed by atoms with Crippen molar-refractivity contribution in [2.45, 2.75) is 32.2 Å². The van der Waals surface area contributed by atoms with Gasteiger partial charge in [-0.1, -0.05) is 19.1 Å². The molecule has 0 saturated heterocycles. The highest BCUT2D eigenvalue weighted by molar-refractivity contribution is 5.89. The highest BCUT2D eigenvalue weighted by atomic mass is 15.1. The lowest BCUT2D eigenvalue weighted by Gasteiger charge is -2.10. The molecule has 0 atom stereocenters. The summed E-state index contributed by atoms with van der Waals surface area (Å²) in [7, 11) is 0. The Morgan fingerprint density at radius 2 is 2.09 bits per heavy atom. The van der Waals surface area contributed by atoms with Gasteiger partial charge in [0, 0.05) is 23.7 Å². The quantitative estimate of drug-likeness (QED) is 0.755. The zero-order valence-corrected chi connectivity index (χ0v) is 12.8. The van der Waals surface area contributed by atoms with E-state index in [0.29, 0.717) is 5.92 Å². The minimum Gasteiger partial charge on any atom is -0.313 e. The largest absolute Gasteiger partial charge is 0.313 e. The van der Waals surface area contributed by atoms with Gasteiger partial charge in [-0.25, -0.2) is 0 Å². The second kappa shape index (κ2) is 5.54. The number of aromatic nitrogens is 3. The predicted molar refractivity (Wildman–Crippen MR) is 88.7 cm³/mol. The van der Waals surface area contributed by atoms with Crippen molar-refractivity contribution < 1.29 is 0 Å². The van der Waals surface area contributed by atoms with Crippen molar-refractivity contribution in [3.63, 3.8) is 0 Å². The smallest absolute Gasteiger partial charge is 0.0705 e. The fourth-order valence-corrected chi connectivity index (χ4v) is 3.03. The summed E-state index contributed by atoms with van der Waals surface area (Å²) in [6.07, 6.45) is 6.48. The van der Waals surface area contributed by atoms with E-state index in [1.54, 1.807) is 0 Å². The molecule has 4 rings (SSSR count). The summed E-state index contributed by atoms with van der Waals surface area (Å²) in [4.78, 5) is 4.69. The summed E-state index contributed by atoms with van der Waals surface area (Å²) in [5, 5.41) is 11.9. The van der Waals surface area contributed by atoms with Gasteiger partial charge < -0.3 is 5.32 Å². The van der Waals surface area contributed by atoms with Crippen molar-refractivity contribution in [2.24, 2.45) is 0 Å². The lowest BCUT2D eigenvalue weighted by molar-refractivity contribution is 0.724. The monoisotopic (exact) mass is 292 g/mol. The van der Waals surface area contributed by atoms with Crippen LogP contribution in [0.2, 0.25) is 0 Å². The minimum absolute atomic E-state index is 0.666. The Morgan fingerprint density at radius 1 is 1.18 bits per heavy atom. The van der Waals surface area contributed by atoms with Crippen LogP contribution in [0, 0.1) is 0 Å². The number of H-pyrrole nitrogens is 1. The predicted octanol–water partition coefficient (Wildman–Crippen LogP) is 3.61. The molecule has 1 aliphatic rings. The SMILES string of the molecule is CCNCc1ccc(-c2ccc3[nH]ncc3c2C2CC2)nc1. The molecule has 4 heteroatoms. The van der Waals surface area contributed by atoms with Gasteiger partial charge in [0.15, 0.2) is 0 Å². The first-order valence-corrected chi connectivity index (χ1v) is 7.99. The molecule has 2 aromatic heterocycles. The minimum atomic E-state index is 0.666. The van der Waals surface area contributed by atoms with E-state index in [2.05, 4.69) is 46.7 Å². The van der Waals surface area contributed by atoms with Crippen molar-refractivity contribution in [1.82, 2.24) is 20.5 Å². The van der Waals surface area contributed by atoms with Crippen LogP contribution in [0.3, 0.4) is 0 Å². The number of pyridine rings is 1. The summed E-state index contributed by atoms with van der Waals surface area (Å²) in [6.45, 7) is 3.97. The molecule has 1 aromatic carbocycles. The number of hydrogen-bond acceptors (Lipinski definition) is 3. The number of aromatic amines is 1. The summed E-state index contributed by atoms with van der Waals surface area (Å²) < 4.78 is 0. The fourth-order valence-electron chi connectivity index (χ4n) is 3.03. The van der Waals surface area contributed by atoms with Crippen molar-refractivity contribution in [2.75, 3.05) is 6.54 Å². The van der Waals surface area contributed by atoms with Crippen molar-refractivity contribution in [3.05, 3.63) is 47.8 Å².